The topological polar surface area (TPSA) is 49.4 Å². The van der Waals surface area contributed by atoms with Crippen LogP contribution in [0, 0.1) is 12.7 Å². The highest BCUT2D eigenvalue weighted by atomic mass is 32.2. The van der Waals surface area contributed by atoms with Gasteiger partial charge in [-0.25, -0.2) is 4.39 Å². The van der Waals surface area contributed by atoms with E-state index in [1.54, 1.807) is 24.0 Å². The van der Waals surface area contributed by atoms with Gasteiger partial charge in [0.05, 0.1) is 5.75 Å². The minimum atomic E-state index is -0.637. The van der Waals surface area contributed by atoms with Gasteiger partial charge in [-0.15, -0.1) is 11.8 Å². The van der Waals surface area contributed by atoms with Gasteiger partial charge in [-0.05, 0) is 57.9 Å². The number of halogens is 1. The quantitative estimate of drug-likeness (QED) is 0.660. The summed E-state index contributed by atoms with van der Waals surface area (Å²) in [7, 11) is 0. The van der Waals surface area contributed by atoms with Gasteiger partial charge < -0.3 is 10.2 Å². The van der Waals surface area contributed by atoms with Crippen molar-refractivity contribution in [3.05, 3.63) is 71.0 Å². The van der Waals surface area contributed by atoms with Crippen molar-refractivity contribution < 1.29 is 14.0 Å². The Bertz CT molecular complexity index is 845. The molecule has 0 aromatic heterocycles. The van der Waals surface area contributed by atoms with Gasteiger partial charge in [0.15, 0.2) is 0 Å². The molecule has 2 aromatic rings. The number of carbonyl (C=O) groups is 2. The second kappa shape index (κ2) is 10.6. The smallest absolute Gasteiger partial charge is 0.242 e. The molecule has 0 aliphatic heterocycles. The van der Waals surface area contributed by atoms with Gasteiger partial charge in [0, 0.05) is 17.8 Å². The van der Waals surface area contributed by atoms with Gasteiger partial charge in [-0.1, -0.05) is 42.0 Å². The molecular weight excluding hydrogens is 399 g/mol. The normalized spacial score (nSPS) is 12.3. The number of carbonyl (C=O) groups excluding carboxylic acids is 2. The van der Waals surface area contributed by atoms with Gasteiger partial charge in [-0.3, -0.25) is 9.59 Å². The van der Waals surface area contributed by atoms with Crippen LogP contribution in [0.15, 0.2) is 48.5 Å². The SMILES string of the molecule is Cc1ccc(CSCC(=O)N(Cc2ccc(F)cc2)[C@H](C)C(=O)NC(C)(C)C)cc1. The van der Waals surface area contributed by atoms with Crippen molar-refractivity contribution in [3.8, 4) is 0 Å². The lowest BCUT2D eigenvalue weighted by Gasteiger charge is -2.31. The molecule has 0 radical (unpaired) electrons. The van der Waals surface area contributed by atoms with Gasteiger partial charge in [0.2, 0.25) is 11.8 Å². The average molecular weight is 431 g/mol. The molecule has 0 bridgehead atoms. The predicted molar refractivity (Wildman–Crippen MR) is 122 cm³/mol. The zero-order valence-electron chi connectivity index (χ0n) is 18.4. The van der Waals surface area contributed by atoms with Crippen LogP contribution < -0.4 is 5.32 Å². The molecule has 0 aliphatic carbocycles. The Hall–Kier alpha value is -2.34. The Balaban J connectivity index is 2.08. The fraction of sp³-hybridized carbons (Fsp3) is 0.417. The van der Waals surface area contributed by atoms with E-state index >= 15 is 0 Å². The highest BCUT2D eigenvalue weighted by Crippen LogP contribution is 2.17. The molecular formula is C24H31FN2O2S. The largest absolute Gasteiger partial charge is 0.350 e. The zero-order chi connectivity index (χ0) is 22.3. The third-order valence-electron chi connectivity index (χ3n) is 4.55. The van der Waals surface area contributed by atoms with Crippen LogP contribution in [-0.2, 0) is 21.9 Å². The number of nitrogens with one attached hydrogen (secondary N) is 1. The zero-order valence-corrected chi connectivity index (χ0v) is 19.2. The van der Waals surface area contributed by atoms with Crippen LogP contribution in [0.4, 0.5) is 4.39 Å². The van der Waals surface area contributed by atoms with Crippen LogP contribution in [-0.4, -0.2) is 34.0 Å². The summed E-state index contributed by atoms with van der Waals surface area (Å²) in [5, 5.41) is 2.94. The van der Waals surface area contributed by atoms with Crippen molar-refractivity contribution in [2.24, 2.45) is 0 Å². The molecule has 30 heavy (non-hydrogen) atoms. The van der Waals surface area contributed by atoms with E-state index in [0.717, 1.165) is 16.9 Å². The van der Waals surface area contributed by atoms with Crippen LogP contribution in [0.2, 0.25) is 0 Å². The maximum atomic E-state index is 13.3. The number of rotatable bonds is 8. The summed E-state index contributed by atoms with van der Waals surface area (Å²) in [4.78, 5) is 27.3. The van der Waals surface area contributed by atoms with E-state index in [1.165, 1.54) is 29.5 Å². The number of hydrogen-bond donors (Lipinski definition) is 1. The molecule has 4 nitrogen and oxygen atoms in total. The number of amides is 2. The summed E-state index contributed by atoms with van der Waals surface area (Å²) in [5.74, 6) is 0.333. The lowest BCUT2D eigenvalue weighted by Crippen LogP contribution is -2.52. The maximum Gasteiger partial charge on any atom is 0.242 e. The molecule has 0 aliphatic rings. The van der Waals surface area contributed by atoms with Gasteiger partial charge >= 0.3 is 0 Å². The van der Waals surface area contributed by atoms with Crippen molar-refractivity contribution in [1.82, 2.24) is 10.2 Å². The Labute approximate surface area is 183 Å². The van der Waals surface area contributed by atoms with E-state index < -0.39 is 11.6 Å². The summed E-state index contributed by atoms with van der Waals surface area (Å²) in [6.07, 6.45) is 0. The summed E-state index contributed by atoms with van der Waals surface area (Å²) in [6.45, 7) is 9.73. The standard InChI is InChI=1S/C24H31FN2O2S/c1-17-6-8-20(9-7-17)15-30-16-22(28)27(14-19-10-12-21(25)13-11-19)18(2)23(29)26-24(3,4)5/h6-13,18H,14-16H2,1-5H3,(H,26,29)/t18-/m1/s1. The second-order valence-corrected chi connectivity index (χ2v) is 9.53. The van der Waals surface area contributed by atoms with Crippen molar-refractivity contribution in [3.63, 3.8) is 0 Å². The first-order valence-electron chi connectivity index (χ1n) is 10.0. The van der Waals surface area contributed by atoms with Gasteiger partial charge in [-0.2, -0.15) is 0 Å². The lowest BCUT2D eigenvalue weighted by atomic mass is 10.1. The number of aryl methyl sites for hydroxylation is 1. The molecule has 6 heteroatoms. The molecule has 0 saturated heterocycles. The predicted octanol–water partition coefficient (Wildman–Crippen LogP) is 4.70. The molecule has 1 atom stereocenters. The Morgan fingerprint density at radius 3 is 2.17 bits per heavy atom. The molecule has 2 rings (SSSR count). The fourth-order valence-electron chi connectivity index (χ4n) is 2.87. The first-order chi connectivity index (χ1) is 14.0. The van der Waals surface area contributed by atoms with Crippen LogP contribution in [0.25, 0.3) is 0 Å². The molecule has 0 spiro atoms. The number of benzene rings is 2. The first-order valence-corrected chi connectivity index (χ1v) is 11.2. The molecule has 2 aromatic carbocycles. The van der Waals surface area contributed by atoms with E-state index in [9.17, 15) is 14.0 Å². The number of hydrogen-bond acceptors (Lipinski definition) is 3. The van der Waals surface area contributed by atoms with Crippen molar-refractivity contribution in [2.45, 2.75) is 58.5 Å². The molecule has 1 N–H and O–H groups in total. The molecule has 0 saturated carbocycles. The molecule has 0 fully saturated rings. The van der Waals surface area contributed by atoms with Gasteiger partial charge in [0.1, 0.15) is 11.9 Å². The fourth-order valence-corrected chi connectivity index (χ4v) is 3.74. The van der Waals surface area contributed by atoms with Crippen LogP contribution in [0.5, 0.6) is 0 Å². The summed E-state index contributed by atoms with van der Waals surface area (Å²) in [6, 6.07) is 13.6. The van der Waals surface area contributed by atoms with E-state index in [1.807, 2.05) is 27.7 Å². The minimum Gasteiger partial charge on any atom is -0.350 e. The van der Waals surface area contributed by atoms with Crippen LogP contribution in [0.3, 0.4) is 0 Å². The molecule has 2 amide bonds. The van der Waals surface area contributed by atoms with Crippen molar-refractivity contribution >= 4 is 23.6 Å². The van der Waals surface area contributed by atoms with Crippen LogP contribution in [0.1, 0.15) is 44.4 Å². The Morgan fingerprint density at radius 1 is 1.03 bits per heavy atom. The molecule has 0 heterocycles. The van der Waals surface area contributed by atoms with E-state index in [4.69, 9.17) is 0 Å². The minimum absolute atomic E-state index is 0.118. The monoisotopic (exact) mass is 430 g/mol. The van der Waals surface area contributed by atoms with Crippen molar-refractivity contribution in [2.75, 3.05) is 5.75 Å². The summed E-state index contributed by atoms with van der Waals surface area (Å²) >= 11 is 1.52. The maximum absolute atomic E-state index is 13.3. The second-order valence-electron chi connectivity index (χ2n) is 8.54. The Kier molecular flexibility index (Phi) is 8.47. The van der Waals surface area contributed by atoms with Crippen molar-refractivity contribution in [1.29, 1.82) is 0 Å². The number of nitrogens with zero attached hydrogens (tertiary/aromatic N) is 1. The number of thioether (sulfide) groups is 1. The summed E-state index contributed by atoms with van der Waals surface area (Å²) in [5.41, 5.74) is 2.74. The highest BCUT2D eigenvalue weighted by Gasteiger charge is 2.28. The van der Waals surface area contributed by atoms with E-state index in [0.29, 0.717) is 0 Å². The average Bonchev–Trinajstić information content (AvgIpc) is 2.67. The highest BCUT2D eigenvalue weighted by molar-refractivity contribution is 7.99. The lowest BCUT2D eigenvalue weighted by molar-refractivity contribution is -0.139. The summed E-state index contributed by atoms with van der Waals surface area (Å²) < 4.78 is 13.3. The van der Waals surface area contributed by atoms with E-state index in [-0.39, 0.29) is 29.9 Å². The van der Waals surface area contributed by atoms with E-state index in [2.05, 4.69) is 29.6 Å². The van der Waals surface area contributed by atoms with Crippen LogP contribution >= 0.6 is 11.8 Å². The first kappa shape index (κ1) is 23.9. The third-order valence-corrected chi connectivity index (χ3v) is 5.54. The third kappa shape index (κ3) is 7.82. The molecule has 162 valence electrons. The van der Waals surface area contributed by atoms with Gasteiger partial charge in [0.25, 0.3) is 0 Å². The Morgan fingerprint density at radius 2 is 1.60 bits per heavy atom. The molecule has 0 unspecified atom stereocenters.